The molecule has 7 heteroatoms. The highest BCUT2D eigenvalue weighted by Crippen LogP contribution is 2.08. The van der Waals surface area contributed by atoms with E-state index in [1.54, 1.807) is 6.92 Å². The number of rotatable bonds is 10. The van der Waals surface area contributed by atoms with E-state index in [1.165, 1.54) is 0 Å². The van der Waals surface area contributed by atoms with Crippen LogP contribution in [0.2, 0.25) is 0 Å². The Labute approximate surface area is 154 Å². The van der Waals surface area contributed by atoms with E-state index in [0.717, 1.165) is 5.56 Å². The molecule has 0 heterocycles. The topological polar surface area (TPSA) is 87.7 Å². The third kappa shape index (κ3) is 7.82. The third-order valence-electron chi connectivity index (χ3n) is 3.92. The molecule has 26 heavy (non-hydrogen) atoms. The van der Waals surface area contributed by atoms with Gasteiger partial charge < -0.3 is 20.5 Å². The van der Waals surface area contributed by atoms with Crippen LogP contribution >= 0.6 is 0 Å². The molecule has 0 fully saturated rings. The van der Waals surface area contributed by atoms with Crippen LogP contribution < -0.4 is 10.6 Å². The predicted octanol–water partition coefficient (Wildman–Crippen LogP) is 2.55. The lowest BCUT2D eigenvalue weighted by Gasteiger charge is -2.25. The molecule has 6 nitrogen and oxygen atoms in total. The van der Waals surface area contributed by atoms with Crippen molar-refractivity contribution in [2.45, 2.75) is 58.4 Å². The van der Waals surface area contributed by atoms with Crippen molar-refractivity contribution in [2.24, 2.45) is 5.92 Å². The molecule has 0 saturated heterocycles. The summed E-state index contributed by atoms with van der Waals surface area (Å²) in [7, 11) is 0. The van der Waals surface area contributed by atoms with Crippen molar-refractivity contribution >= 4 is 12.0 Å². The second-order valence-corrected chi connectivity index (χ2v) is 6.63. The Balaban J connectivity index is 2.63. The zero-order chi connectivity index (χ0) is 19.5. The number of aliphatic hydroxyl groups excluding tert-OH is 1. The molecule has 146 valence electrons. The molecule has 0 spiro atoms. The number of ether oxygens (including phenoxy) is 1. The summed E-state index contributed by atoms with van der Waals surface area (Å²) in [5.74, 6) is -0.318. The highest BCUT2D eigenvalue weighted by atomic mass is 19.1. The summed E-state index contributed by atoms with van der Waals surface area (Å²) in [5.41, 5.74) is 0.838. The maximum Gasteiger partial charge on any atom is 0.408 e. The van der Waals surface area contributed by atoms with Crippen LogP contribution in [0.1, 0.15) is 39.2 Å². The highest BCUT2D eigenvalue weighted by molar-refractivity contribution is 5.85. The fraction of sp³-hybridized carbons (Fsp3) is 0.579. The van der Waals surface area contributed by atoms with Crippen molar-refractivity contribution < 1.29 is 23.8 Å². The molecule has 0 aliphatic rings. The number of carbonyl (C=O) groups excluding carboxylic acids is 2. The average Bonchev–Trinajstić information content (AvgIpc) is 2.63. The van der Waals surface area contributed by atoms with Crippen molar-refractivity contribution in [1.29, 1.82) is 0 Å². The van der Waals surface area contributed by atoms with Gasteiger partial charge in [-0.05, 0) is 24.3 Å². The minimum absolute atomic E-state index is 0.0981. The van der Waals surface area contributed by atoms with Gasteiger partial charge in [-0.2, -0.15) is 0 Å². The van der Waals surface area contributed by atoms with Gasteiger partial charge >= 0.3 is 6.09 Å². The van der Waals surface area contributed by atoms with Gasteiger partial charge in [0.15, 0.2) is 0 Å². The molecule has 0 radical (unpaired) electrons. The van der Waals surface area contributed by atoms with Gasteiger partial charge in [0.2, 0.25) is 5.91 Å². The van der Waals surface area contributed by atoms with Gasteiger partial charge in [0, 0.05) is 0 Å². The quantitative estimate of drug-likeness (QED) is 0.592. The number of alkyl halides is 1. The zero-order valence-corrected chi connectivity index (χ0v) is 15.6. The lowest BCUT2D eigenvalue weighted by Crippen LogP contribution is -2.53. The maximum absolute atomic E-state index is 12.7. The van der Waals surface area contributed by atoms with Crippen molar-refractivity contribution in [3.05, 3.63) is 35.9 Å². The summed E-state index contributed by atoms with van der Waals surface area (Å²) in [6, 6.07) is 7.68. The van der Waals surface area contributed by atoms with Crippen LogP contribution in [0.5, 0.6) is 0 Å². The third-order valence-corrected chi connectivity index (χ3v) is 3.92. The molecular weight excluding hydrogens is 339 g/mol. The molecule has 1 rings (SSSR count). The fourth-order valence-electron chi connectivity index (χ4n) is 2.47. The van der Waals surface area contributed by atoms with Gasteiger partial charge in [-0.25, -0.2) is 9.18 Å². The molecule has 0 aromatic heterocycles. The molecule has 0 bridgehead atoms. The standard InChI is InChI=1S/C19H29FN2O4/c1-4-15(17(23)11-20)21-18(24)16(10-13(2)3)22-19(25)26-12-14-8-6-5-7-9-14/h5-9,13,15-17,23H,4,10-12H2,1-3H3,(H,21,24)(H,22,25)/t15?,16-,17?/m0/s1. The smallest absolute Gasteiger partial charge is 0.408 e. The monoisotopic (exact) mass is 368 g/mol. The Kier molecular flexibility index (Phi) is 9.65. The lowest BCUT2D eigenvalue weighted by molar-refractivity contribution is -0.125. The van der Waals surface area contributed by atoms with Crippen molar-refractivity contribution in [3.8, 4) is 0 Å². The Morgan fingerprint density at radius 3 is 2.38 bits per heavy atom. The van der Waals surface area contributed by atoms with Gasteiger partial charge in [-0.15, -0.1) is 0 Å². The lowest BCUT2D eigenvalue weighted by atomic mass is 10.0. The largest absolute Gasteiger partial charge is 0.445 e. The van der Waals surface area contributed by atoms with E-state index in [-0.39, 0.29) is 12.5 Å². The van der Waals surface area contributed by atoms with Crippen LogP contribution in [0, 0.1) is 5.92 Å². The molecule has 0 aliphatic carbocycles. The van der Waals surface area contributed by atoms with Gasteiger partial charge in [-0.1, -0.05) is 51.1 Å². The van der Waals surface area contributed by atoms with Crippen molar-refractivity contribution in [1.82, 2.24) is 10.6 Å². The van der Waals surface area contributed by atoms with E-state index in [9.17, 15) is 19.1 Å². The Hall–Kier alpha value is -2.15. The molecule has 0 aliphatic heterocycles. The van der Waals surface area contributed by atoms with Gasteiger partial charge in [0.25, 0.3) is 0 Å². The number of carbonyl (C=O) groups is 2. The number of hydrogen-bond donors (Lipinski definition) is 3. The number of benzene rings is 1. The van der Waals surface area contributed by atoms with Crippen molar-refractivity contribution in [3.63, 3.8) is 0 Å². The molecule has 3 N–H and O–H groups in total. The highest BCUT2D eigenvalue weighted by Gasteiger charge is 2.27. The van der Waals surface area contributed by atoms with Crippen LogP contribution in [-0.4, -0.2) is 42.0 Å². The van der Waals surface area contributed by atoms with Gasteiger partial charge in [-0.3, -0.25) is 4.79 Å². The number of aliphatic hydroxyl groups is 1. The van der Waals surface area contributed by atoms with Crippen molar-refractivity contribution in [2.75, 3.05) is 6.67 Å². The van der Waals surface area contributed by atoms with E-state index < -0.39 is 36.9 Å². The second-order valence-electron chi connectivity index (χ2n) is 6.63. The molecule has 2 amide bonds. The minimum Gasteiger partial charge on any atom is -0.445 e. The van der Waals surface area contributed by atoms with E-state index in [1.807, 2.05) is 44.2 Å². The van der Waals surface area contributed by atoms with Gasteiger partial charge in [0.05, 0.1) is 6.04 Å². The van der Waals surface area contributed by atoms with Gasteiger partial charge in [0.1, 0.15) is 25.4 Å². The number of alkyl carbamates (subject to hydrolysis) is 1. The van der Waals surface area contributed by atoms with Crippen LogP contribution in [0.3, 0.4) is 0 Å². The number of nitrogens with one attached hydrogen (secondary N) is 2. The van der Waals surface area contributed by atoms with E-state index in [4.69, 9.17) is 4.74 Å². The first kappa shape index (κ1) is 21.9. The Morgan fingerprint density at radius 2 is 1.85 bits per heavy atom. The van der Waals surface area contributed by atoms with Crippen LogP contribution in [0.4, 0.5) is 9.18 Å². The second kappa shape index (κ2) is 11.5. The predicted molar refractivity (Wildman–Crippen MR) is 97.2 cm³/mol. The first-order valence-electron chi connectivity index (χ1n) is 8.88. The summed E-state index contributed by atoms with van der Waals surface area (Å²) in [5, 5.41) is 14.8. The van der Waals surface area contributed by atoms with E-state index >= 15 is 0 Å². The van der Waals surface area contributed by atoms with Crippen LogP contribution in [0.15, 0.2) is 30.3 Å². The van der Waals surface area contributed by atoms with E-state index in [0.29, 0.717) is 12.8 Å². The number of hydrogen-bond acceptors (Lipinski definition) is 4. The van der Waals surface area contributed by atoms with Crippen LogP contribution in [-0.2, 0) is 16.1 Å². The first-order chi connectivity index (χ1) is 12.4. The average molecular weight is 368 g/mol. The molecule has 3 atom stereocenters. The molecule has 2 unspecified atom stereocenters. The Morgan fingerprint density at radius 1 is 1.19 bits per heavy atom. The molecule has 1 aromatic carbocycles. The summed E-state index contributed by atoms with van der Waals surface area (Å²) in [6.07, 6.45) is -1.19. The Bertz CT molecular complexity index is 554. The summed E-state index contributed by atoms with van der Waals surface area (Å²) in [4.78, 5) is 24.5. The normalized spacial score (nSPS) is 14.4. The summed E-state index contributed by atoms with van der Waals surface area (Å²) < 4.78 is 17.8. The zero-order valence-electron chi connectivity index (χ0n) is 15.6. The molecular formula is C19H29FN2O4. The molecule has 1 aromatic rings. The first-order valence-corrected chi connectivity index (χ1v) is 8.88. The van der Waals surface area contributed by atoms with Crippen LogP contribution in [0.25, 0.3) is 0 Å². The minimum atomic E-state index is -1.27. The van der Waals surface area contributed by atoms with E-state index in [2.05, 4.69) is 10.6 Å². The maximum atomic E-state index is 12.7. The summed E-state index contributed by atoms with van der Waals surface area (Å²) in [6.45, 7) is 4.74. The molecule has 0 saturated carbocycles. The fourth-order valence-corrected chi connectivity index (χ4v) is 2.47. The number of halogens is 1. The summed E-state index contributed by atoms with van der Waals surface area (Å²) >= 11 is 0. The number of amides is 2. The SMILES string of the molecule is CCC(NC(=O)[C@H](CC(C)C)NC(=O)OCc1ccccc1)C(O)CF.